The molecule has 3 rings (SSSR count). The van der Waals surface area contributed by atoms with Gasteiger partial charge in [0.2, 0.25) is 5.91 Å². The molecular weight excluding hydrogens is 312 g/mol. The van der Waals surface area contributed by atoms with E-state index in [0.717, 1.165) is 44.2 Å². The topological polar surface area (TPSA) is 61.8 Å². The van der Waals surface area contributed by atoms with Crippen LogP contribution >= 0.6 is 11.8 Å². The van der Waals surface area contributed by atoms with Crippen molar-refractivity contribution in [3.8, 4) is 5.75 Å². The third-order valence-corrected chi connectivity index (χ3v) is 5.96. The van der Waals surface area contributed by atoms with E-state index >= 15 is 0 Å². The lowest BCUT2D eigenvalue weighted by Gasteiger charge is -2.43. The van der Waals surface area contributed by atoms with Crippen molar-refractivity contribution in [1.82, 2.24) is 10.2 Å². The van der Waals surface area contributed by atoms with Crippen LogP contribution in [0.4, 0.5) is 0 Å². The number of benzene rings is 1. The van der Waals surface area contributed by atoms with Crippen LogP contribution < -0.4 is 5.32 Å². The number of rotatable bonds is 5. The van der Waals surface area contributed by atoms with Crippen molar-refractivity contribution in [2.45, 2.75) is 18.4 Å². The average molecular weight is 336 g/mol. The summed E-state index contributed by atoms with van der Waals surface area (Å²) >= 11 is 1.96. The molecule has 0 bridgehead atoms. The molecule has 23 heavy (non-hydrogen) atoms. The standard InChI is InChI=1S/C17H24N2O3S/c20-15-4-2-1-3-14(15)11-16(21)18-12-17(5-10-23-13-17)19-6-8-22-9-7-19/h1-4,20H,5-13H2,(H,18,21). The Morgan fingerprint density at radius 1 is 1.35 bits per heavy atom. The van der Waals surface area contributed by atoms with Gasteiger partial charge in [-0.2, -0.15) is 11.8 Å². The summed E-state index contributed by atoms with van der Waals surface area (Å²) in [5.41, 5.74) is 0.731. The van der Waals surface area contributed by atoms with Gasteiger partial charge < -0.3 is 15.2 Å². The fourth-order valence-electron chi connectivity index (χ4n) is 3.29. The van der Waals surface area contributed by atoms with Crippen LogP contribution in [-0.2, 0) is 16.0 Å². The molecule has 0 aromatic heterocycles. The summed E-state index contributed by atoms with van der Waals surface area (Å²) in [6.45, 7) is 4.11. The summed E-state index contributed by atoms with van der Waals surface area (Å²) in [5.74, 6) is 2.36. The fourth-order valence-corrected chi connectivity index (χ4v) is 4.77. The van der Waals surface area contributed by atoms with Crippen LogP contribution in [0.25, 0.3) is 0 Å². The molecule has 2 fully saturated rings. The van der Waals surface area contributed by atoms with Crippen molar-refractivity contribution in [3.05, 3.63) is 29.8 Å². The normalized spacial score (nSPS) is 25.4. The smallest absolute Gasteiger partial charge is 0.224 e. The summed E-state index contributed by atoms with van der Waals surface area (Å²) in [6.07, 6.45) is 1.33. The Bertz CT molecular complexity index is 540. The molecule has 0 saturated carbocycles. The second kappa shape index (κ2) is 7.55. The Labute approximate surface area is 141 Å². The van der Waals surface area contributed by atoms with Crippen LogP contribution in [0.3, 0.4) is 0 Å². The SMILES string of the molecule is O=C(Cc1ccccc1O)NCC1(N2CCOCC2)CCSC1. The predicted octanol–water partition coefficient (Wildman–Crippen LogP) is 1.26. The molecule has 1 amide bonds. The van der Waals surface area contributed by atoms with E-state index in [9.17, 15) is 9.90 Å². The Morgan fingerprint density at radius 3 is 2.83 bits per heavy atom. The van der Waals surface area contributed by atoms with Crippen LogP contribution in [-0.4, -0.2) is 65.8 Å². The van der Waals surface area contributed by atoms with Gasteiger partial charge in [0.15, 0.2) is 0 Å². The lowest BCUT2D eigenvalue weighted by atomic mass is 9.95. The predicted molar refractivity (Wildman–Crippen MR) is 91.9 cm³/mol. The van der Waals surface area contributed by atoms with E-state index in [2.05, 4.69) is 10.2 Å². The summed E-state index contributed by atoms with van der Waals surface area (Å²) in [5, 5.41) is 12.9. The zero-order valence-corrected chi connectivity index (χ0v) is 14.1. The second-order valence-electron chi connectivity index (χ2n) is 6.21. The number of para-hydroxylation sites is 1. The van der Waals surface area contributed by atoms with Crippen molar-refractivity contribution in [3.63, 3.8) is 0 Å². The number of ether oxygens (including phenoxy) is 1. The van der Waals surface area contributed by atoms with Gasteiger partial charge in [0, 0.05) is 36.5 Å². The molecule has 6 heteroatoms. The molecule has 0 aliphatic carbocycles. The van der Waals surface area contributed by atoms with Crippen LogP contribution in [0.15, 0.2) is 24.3 Å². The fraction of sp³-hybridized carbons (Fsp3) is 0.588. The minimum Gasteiger partial charge on any atom is -0.508 e. The third kappa shape index (κ3) is 4.00. The minimum absolute atomic E-state index is 0.0314. The molecule has 0 radical (unpaired) electrons. The van der Waals surface area contributed by atoms with Crippen molar-refractivity contribution in [1.29, 1.82) is 0 Å². The first kappa shape index (κ1) is 16.6. The van der Waals surface area contributed by atoms with Gasteiger partial charge in [0.1, 0.15) is 5.75 Å². The van der Waals surface area contributed by atoms with Gasteiger partial charge in [-0.1, -0.05) is 18.2 Å². The van der Waals surface area contributed by atoms with Crippen LogP contribution in [0, 0.1) is 0 Å². The van der Waals surface area contributed by atoms with Crippen LogP contribution in [0.5, 0.6) is 5.75 Å². The zero-order valence-electron chi connectivity index (χ0n) is 13.3. The number of hydrogen-bond acceptors (Lipinski definition) is 5. The van der Waals surface area contributed by atoms with Gasteiger partial charge in [0.05, 0.1) is 19.6 Å². The second-order valence-corrected chi connectivity index (χ2v) is 7.31. The van der Waals surface area contributed by atoms with Gasteiger partial charge in [0.25, 0.3) is 0 Å². The first-order valence-corrected chi connectivity index (χ1v) is 9.29. The summed E-state index contributed by atoms with van der Waals surface area (Å²) in [4.78, 5) is 14.8. The molecule has 0 spiro atoms. The third-order valence-electron chi connectivity index (χ3n) is 4.72. The summed E-state index contributed by atoms with van der Waals surface area (Å²) < 4.78 is 5.46. The molecular formula is C17H24N2O3S. The number of carbonyl (C=O) groups excluding carboxylic acids is 1. The molecule has 2 aliphatic rings. The molecule has 1 aromatic carbocycles. The van der Waals surface area contributed by atoms with E-state index in [1.54, 1.807) is 18.2 Å². The zero-order chi connectivity index (χ0) is 16.1. The number of hydrogen-bond donors (Lipinski definition) is 2. The van der Waals surface area contributed by atoms with Gasteiger partial charge in [-0.05, 0) is 18.2 Å². The maximum Gasteiger partial charge on any atom is 0.224 e. The van der Waals surface area contributed by atoms with Crippen LogP contribution in [0.1, 0.15) is 12.0 Å². The van der Waals surface area contributed by atoms with Gasteiger partial charge in [-0.15, -0.1) is 0 Å². The van der Waals surface area contributed by atoms with E-state index in [0.29, 0.717) is 12.1 Å². The van der Waals surface area contributed by atoms with Crippen molar-refractivity contribution in [2.75, 3.05) is 44.4 Å². The number of amides is 1. The van der Waals surface area contributed by atoms with E-state index in [1.807, 2.05) is 17.8 Å². The number of phenolic OH excluding ortho intramolecular Hbond substituents is 1. The monoisotopic (exact) mass is 336 g/mol. The summed E-state index contributed by atoms with van der Waals surface area (Å²) in [7, 11) is 0. The van der Waals surface area contributed by atoms with Crippen molar-refractivity contribution >= 4 is 17.7 Å². The highest BCUT2D eigenvalue weighted by molar-refractivity contribution is 7.99. The first-order chi connectivity index (χ1) is 11.2. The van der Waals surface area contributed by atoms with Crippen molar-refractivity contribution in [2.24, 2.45) is 0 Å². The Balaban J connectivity index is 1.58. The highest BCUT2D eigenvalue weighted by atomic mass is 32.2. The molecule has 1 unspecified atom stereocenters. The lowest BCUT2D eigenvalue weighted by Crippen LogP contribution is -2.59. The first-order valence-electron chi connectivity index (χ1n) is 8.14. The quantitative estimate of drug-likeness (QED) is 0.848. The van der Waals surface area contributed by atoms with E-state index in [-0.39, 0.29) is 23.6 Å². The van der Waals surface area contributed by atoms with Crippen LogP contribution in [0.2, 0.25) is 0 Å². The number of phenols is 1. The van der Waals surface area contributed by atoms with Gasteiger partial charge in [-0.3, -0.25) is 9.69 Å². The number of nitrogens with zero attached hydrogens (tertiary/aromatic N) is 1. The number of morpholine rings is 1. The molecule has 2 heterocycles. The van der Waals surface area contributed by atoms with E-state index < -0.39 is 0 Å². The summed E-state index contributed by atoms with van der Waals surface area (Å²) in [6, 6.07) is 7.01. The van der Waals surface area contributed by atoms with E-state index in [1.165, 1.54) is 0 Å². The minimum atomic E-state index is -0.0314. The highest BCUT2D eigenvalue weighted by Gasteiger charge is 2.40. The molecule has 1 atom stereocenters. The van der Waals surface area contributed by atoms with Gasteiger partial charge in [-0.25, -0.2) is 0 Å². The number of nitrogens with one attached hydrogen (secondary N) is 1. The Hall–Kier alpha value is -1.24. The highest BCUT2D eigenvalue weighted by Crippen LogP contribution is 2.33. The largest absolute Gasteiger partial charge is 0.508 e. The van der Waals surface area contributed by atoms with Crippen molar-refractivity contribution < 1.29 is 14.6 Å². The Morgan fingerprint density at radius 2 is 2.13 bits per heavy atom. The Kier molecular flexibility index (Phi) is 5.46. The number of carbonyl (C=O) groups is 1. The number of thioether (sulfide) groups is 1. The van der Waals surface area contributed by atoms with Gasteiger partial charge >= 0.3 is 0 Å². The molecule has 2 N–H and O–H groups in total. The maximum absolute atomic E-state index is 12.3. The molecule has 126 valence electrons. The molecule has 2 saturated heterocycles. The molecule has 1 aromatic rings. The van der Waals surface area contributed by atoms with E-state index in [4.69, 9.17) is 4.74 Å². The number of aromatic hydroxyl groups is 1. The molecule has 2 aliphatic heterocycles. The lowest BCUT2D eigenvalue weighted by molar-refractivity contribution is -0.121. The maximum atomic E-state index is 12.3. The average Bonchev–Trinajstić information content (AvgIpc) is 3.06. The molecule has 5 nitrogen and oxygen atoms in total.